The molecule has 0 heterocycles. The predicted molar refractivity (Wildman–Crippen MR) is 57.9 cm³/mol. The standard InChI is InChI=1S/C11H23NO2/c1-5-9(2)6-10(14)12-7-11(3,4)8-13/h9,13H,5-8H2,1-4H3,(H,12,14). The second kappa shape index (κ2) is 6.02. The van der Waals surface area contributed by atoms with E-state index >= 15 is 0 Å². The van der Waals surface area contributed by atoms with Crippen molar-refractivity contribution in [1.82, 2.24) is 5.32 Å². The smallest absolute Gasteiger partial charge is 0.220 e. The quantitative estimate of drug-likeness (QED) is 0.685. The maximum atomic E-state index is 11.4. The molecule has 0 aliphatic carbocycles. The molecule has 1 unspecified atom stereocenters. The van der Waals surface area contributed by atoms with Crippen molar-refractivity contribution in [1.29, 1.82) is 0 Å². The van der Waals surface area contributed by atoms with E-state index in [9.17, 15) is 4.79 Å². The molecule has 0 aromatic rings. The van der Waals surface area contributed by atoms with Gasteiger partial charge in [-0.25, -0.2) is 0 Å². The van der Waals surface area contributed by atoms with E-state index in [-0.39, 0.29) is 17.9 Å². The van der Waals surface area contributed by atoms with Crippen molar-refractivity contribution >= 4 is 5.91 Å². The van der Waals surface area contributed by atoms with Crippen LogP contribution < -0.4 is 5.32 Å². The first-order valence-electron chi connectivity index (χ1n) is 5.29. The fraction of sp³-hybridized carbons (Fsp3) is 0.909. The van der Waals surface area contributed by atoms with Gasteiger partial charge < -0.3 is 10.4 Å². The monoisotopic (exact) mass is 201 g/mol. The Bertz CT molecular complexity index is 178. The fourth-order valence-electron chi connectivity index (χ4n) is 0.927. The number of hydrogen-bond acceptors (Lipinski definition) is 2. The van der Waals surface area contributed by atoms with Crippen LogP contribution in [0.25, 0.3) is 0 Å². The minimum absolute atomic E-state index is 0.0841. The molecule has 0 spiro atoms. The van der Waals surface area contributed by atoms with Crippen LogP contribution in [0.5, 0.6) is 0 Å². The van der Waals surface area contributed by atoms with Crippen LogP contribution in [0, 0.1) is 11.3 Å². The lowest BCUT2D eigenvalue weighted by molar-refractivity contribution is -0.122. The summed E-state index contributed by atoms with van der Waals surface area (Å²) in [6.45, 7) is 8.63. The van der Waals surface area contributed by atoms with Crippen LogP contribution in [0.4, 0.5) is 0 Å². The van der Waals surface area contributed by atoms with Crippen molar-refractivity contribution in [3.63, 3.8) is 0 Å². The van der Waals surface area contributed by atoms with E-state index in [1.807, 2.05) is 13.8 Å². The molecule has 14 heavy (non-hydrogen) atoms. The van der Waals surface area contributed by atoms with E-state index in [0.29, 0.717) is 18.9 Å². The molecule has 0 aromatic heterocycles. The van der Waals surface area contributed by atoms with Gasteiger partial charge in [0.1, 0.15) is 0 Å². The van der Waals surface area contributed by atoms with E-state index < -0.39 is 0 Å². The molecule has 0 aliphatic heterocycles. The van der Waals surface area contributed by atoms with Crippen LogP contribution in [0.15, 0.2) is 0 Å². The second-order valence-corrected chi connectivity index (χ2v) is 4.82. The third kappa shape index (κ3) is 5.97. The number of nitrogens with one attached hydrogen (secondary N) is 1. The Kier molecular flexibility index (Phi) is 5.77. The minimum atomic E-state index is -0.217. The first kappa shape index (κ1) is 13.4. The Balaban J connectivity index is 3.74. The first-order valence-corrected chi connectivity index (χ1v) is 5.29. The van der Waals surface area contributed by atoms with Gasteiger partial charge in [-0.1, -0.05) is 34.1 Å². The Morgan fingerprint density at radius 2 is 2.07 bits per heavy atom. The molecule has 0 aromatic carbocycles. The molecule has 1 atom stereocenters. The van der Waals surface area contributed by atoms with Crippen molar-refractivity contribution in [2.75, 3.05) is 13.2 Å². The Hall–Kier alpha value is -0.570. The van der Waals surface area contributed by atoms with Crippen molar-refractivity contribution in [2.45, 2.75) is 40.5 Å². The number of carbonyl (C=O) groups is 1. The predicted octanol–water partition coefficient (Wildman–Crippen LogP) is 1.56. The minimum Gasteiger partial charge on any atom is -0.396 e. The Labute approximate surface area is 86.9 Å². The van der Waals surface area contributed by atoms with Crippen molar-refractivity contribution in [3.05, 3.63) is 0 Å². The topological polar surface area (TPSA) is 49.3 Å². The molecular weight excluding hydrogens is 178 g/mol. The van der Waals surface area contributed by atoms with Gasteiger partial charge in [-0.3, -0.25) is 4.79 Å². The highest BCUT2D eigenvalue weighted by Gasteiger charge is 2.17. The van der Waals surface area contributed by atoms with E-state index in [1.54, 1.807) is 0 Å². The van der Waals surface area contributed by atoms with Gasteiger partial charge in [-0.2, -0.15) is 0 Å². The molecule has 0 rings (SSSR count). The summed E-state index contributed by atoms with van der Waals surface area (Å²) in [5, 5.41) is 11.8. The van der Waals surface area contributed by atoms with Crippen LogP contribution in [0.2, 0.25) is 0 Å². The maximum absolute atomic E-state index is 11.4. The van der Waals surface area contributed by atoms with E-state index in [2.05, 4.69) is 19.2 Å². The fourth-order valence-corrected chi connectivity index (χ4v) is 0.927. The van der Waals surface area contributed by atoms with E-state index in [0.717, 1.165) is 6.42 Å². The Morgan fingerprint density at radius 1 is 1.50 bits per heavy atom. The van der Waals surface area contributed by atoms with Crippen molar-refractivity contribution < 1.29 is 9.90 Å². The number of amides is 1. The molecule has 0 aliphatic rings. The first-order chi connectivity index (χ1) is 6.41. The van der Waals surface area contributed by atoms with E-state index in [4.69, 9.17) is 5.11 Å². The summed E-state index contributed by atoms with van der Waals surface area (Å²) in [6, 6.07) is 0. The number of rotatable bonds is 6. The molecule has 2 N–H and O–H groups in total. The van der Waals surface area contributed by atoms with Gasteiger partial charge in [0.15, 0.2) is 0 Å². The lowest BCUT2D eigenvalue weighted by Gasteiger charge is -2.22. The summed E-state index contributed by atoms with van der Waals surface area (Å²) in [4.78, 5) is 11.4. The van der Waals surface area contributed by atoms with E-state index in [1.165, 1.54) is 0 Å². The second-order valence-electron chi connectivity index (χ2n) is 4.82. The van der Waals surface area contributed by atoms with Crippen LogP contribution in [-0.2, 0) is 4.79 Å². The van der Waals surface area contributed by atoms with Gasteiger partial charge in [0.2, 0.25) is 5.91 Å². The van der Waals surface area contributed by atoms with Crippen LogP contribution in [0.1, 0.15) is 40.5 Å². The summed E-state index contributed by atoms with van der Waals surface area (Å²) in [7, 11) is 0. The maximum Gasteiger partial charge on any atom is 0.220 e. The van der Waals surface area contributed by atoms with Gasteiger partial charge in [-0.05, 0) is 5.92 Å². The van der Waals surface area contributed by atoms with Crippen LogP contribution in [0.3, 0.4) is 0 Å². The summed E-state index contributed by atoms with van der Waals surface area (Å²) in [5.41, 5.74) is -0.217. The Morgan fingerprint density at radius 3 is 2.50 bits per heavy atom. The van der Waals surface area contributed by atoms with Gasteiger partial charge in [0.05, 0.1) is 0 Å². The zero-order valence-corrected chi connectivity index (χ0v) is 9.76. The van der Waals surface area contributed by atoms with Gasteiger partial charge in [-0.15, -0.1) is 0 Å². The molecule has 0 saturated heterocycles. The molecule has 3 nitrogen and oxygen atoms in total. The summed E-state index contributed by atoms with van der Waals surface area (Å²) in [6.07, 6.45) is 1.61. The van der Waals surface area contributed by atoms with Gasteiger partial charge in [0.25, 0.3) is 0 Å². The highest BCUT2D eigenvalue weighted by Crippen LogP contribution is 2.12. The SMILES string of the molecule is CCC(C)CC(=O)NCC(C)(C)CO. The number of hydrogen-bond donors (Lipinski definition) is 2. The van der Waals surface area contributed by atoms with Gasteiger partial charge in [0, 0.05) is 25.0 Å². The van der Waals surface area contributed by atoms with Crippen LogP contribution in [-0.4, -0.2) is 24.2 Å². The van der Waals surface area contributed by atoms with Crippen LogP contribution >= 0.6 is 0 Å². The molecule has 0 fully saturated rings. The molecule has 0 radical (unpaired) electrons. The molecule has 3 heteroatoms. The zero-order valence-electron chi connectivity index (χ0n) is 9.76. The number of aliphatic hydroxyl groups is 1. The normalized spacial score (nSPS) is 13.8. The van der Waals surface area contributed by atoms with Gasteiger partial charge >= 0.3 is 0 Å². The number of aliphatic hydroxyl groups excluding tert-OH is 1. The lowest BCUT2D eigenvalue weighted by Crippen LogP contribution is -2.36. The zero-order chi connectivity index (χ0) is 11.2. The van der Waals surface area contributed by atoms with Crippen molar-refractivity contribution in [2.24, 2.45) is 11.3 Å². The average Bonchev–Trinajstić information content (AvgIpc) is 2.15. The highest BCUT2D eigenvalue weighted by molar-refractivity contribution is 5.76. The largest absolute Gasteiger partial charge is 0.396 e. The molecular formula is C11H23NO2. The average molecular weight is 201 g/mol. The molecule has 1 amide bonds. The third-order valence-corrected chi connectivity index (χ3v) is 2.42. The van der Waals surface area contributed by atoms with Crippen molar-refractivity contribution in [3.8, 4) is 0 Å². The summed E-state index contributed by atoms with van der Waals surface area (Å²) in [5.74, 6) is 0.521. The summed E-state index contributed by atoms with van der Waals surface area (Å²) < 4.78 is 0. The lowest BCUT2D eigenvalue weighted by atomic mass is 9.94. The summed E-state index contributed by atoms with van der Waals surface area (Å²) >= 11 is 0. The highest BCUT2D eigenvalue weighted by atomic mass is 16.3. The number of carbonyl (C=O) groups excluding carboxylic acids is 1. The molecule has 84 valence electrons. The third-order valence-electron chi connectivity index (χ3n) is 2.42. The molecule has 0 bridgehead atoms. The molecule has 0 saturated carbocycles.